The summed E-state index contributed by atoms with van der Waals surface area (Å²) < 4.78 is 20.5. The molecule has 0 aliphatic carbocycles. The predicted octanol–water partition coefficient (Wildman–Crippen LogP) is -3.89. The maximum atomic E-state index is 11.9. The van der Waals surface area contributed by atoms with Crippen molar-refractivity contribution in [2.45, 2.75) is 18.9 Å². The van der Waals surface area contributed by atoms with Gasteiger partial charge in [-0.3, -0.25) is 24.0 Å². The molecule has 15 heteroatoms. The normalized spacial score (nSPS) is 11.4. The Morgan fingerprint density at radius 2 is 1.29 bits per heavy atom. The minimum Gasteiger partial charge on any atom is -0.481 e. The van der Waals surface area contributed by atoms with Crippen LogP contribution < -0.4 is 21.7 Å². The van der Waals surface area contributed by atoms with Crippen LogP contribution in [0.3, 0.4) is 0 Å². The van der Waals surface area contributed by atoms with E-state index in [2.05, 4.69) is 16.0 Å². The molecule has 0 saturated carbocycles. The van der Waals surface area contributed by atoms with Crippen LogP contribution in [0.4, 0.5) is 0 Å². The minimum absolute atomic E-state index is 0.106. The molecule has 15 nitrogen and oxygen atoms in total. The average molecular weight is 494 g/mol. The highest BCUT2D eigenvalue weighted by Crippen LogP contribution is 1.92. The van der Waals surface area contributed by atoms with E-state index in [0.29, 0.717) is 0 Å². The summed E-state index contributed by atoms with van der Waals surface area (Å²) in [6, 6.07) is -1.19. The lowest BCUT2D eigenvalue weighted by molar-refractivity contribution is -0.139. The molecule has 0 bridgehead atoms. The Morgan fingerprint density at radius 3 is 1.85 bits per heavy atom. The Kier molecular flexibility index (Phi) is 19.0. The van der Waals surface area contributed by atoms with Crippen LogP contribution in [-0.4, -0.2) is 118 Å². The van der Waals surface area contributed by atoms with Gasteiger partial charge in [-0.1, -0.05) is 0 Å². The molecule has 0 aliphatic rings. The van der Waals surface area contributed by atoms with Crippen LogP contribution >= 0.6 is 0 Å². The lowest BCUT2D eigenvalue weighted by atomic mass is 10.2. The van der Waals surface area contributed by atoms with Gasteiger partial charge in [-0.2, -0.15) is 0 Å². The van der Waals surface area contributed by atoms with Crippen molar-refractivity contribution >= 4 is 29.6 Å². The molecule has 0 unspecified atom stereocenters. The van der Waals surface area contributed by atoms with E-state index in [9.17, 15) is 29.1 Å². The van der Waals surface area contributed by atoms with Gasteiger partial charge >= 0.3 is 5.97 Å². The van der Waals surface area contributed by atoms with Gasteiger partial charge in [0, 0.05) is 19.5 Å². The maximum Gasteiger partial charge on any atom is 0.303 e. The number of nitrogens with two attached hydrogens (primary N) is 1. The average Bonchev–Trinajstić information content (AvgIpc) is 2.79. The second-order valence-electron chi connectivity index (χ2n) is 6.63. The number of hydrogen-bond donors (Lipinski definition) is 6. The Balaban J connectivity index is 3.61. The van der Waals surface area contributed by atoms with E-state index in [1.807, 2.05) is 0 Å². The van der Waals surface area contributed by atoms with Crippen molar-refractivity contribution in [3.8, 4) is 0 Å². The summed E-state index contributed by atoms with van der Waals surface area (Å²) in [6.07, 6.45) is -0.683. The molecule has 0 heterocycles. The molecular weight excluding hydrogens is 460 g/mol. The van der Waals surface area contributed by atoms with Crippen molar-refractivity contribution in [3.05, 3.63) is 0 Å². The zero-order valence-corrected chi connectivity index (χ0v) is 18.9. The van der Waals surface area contributed by atoms with Crippen LogP contribution in [0.1, 0.15) is 12.8 Å². The molecule has 0 radical (unpaired) electrons. The lowest BCUT2D eigenvalue weighted by Gasteiger charge is -2.16. The number of carbonyl (C=O) groups excluding carboxylic acids is 4. The number of nitrogens with one attached hydrogen (secondary N) is 3. The van der Waals surface area contributed by atoms with Crippen molar-refractivity contribution < 1.29 is 53.1 Å². The number of aliphatic hydroxyl groups is 1. The Morgan fingerprint density at radius 1 is 0.735 bits per heavy atom. The van der Waals surface area contributed by atoms with Gasteiger partial charge in [0.05, 0.1) is 52.7 Å². The van der Waals surface area contributed by atoms with Crippen LogP contribution in [-0.2, 0) is 42.9 Å². The molecule has 1 atom stereocenters. The Bertz CT molecular complexity index is 633. The second kappa shape index (κ2) is 20.7. The van der Waals surface area contributed by atoms with Crippen LogP contribution in [0.15, 0.2) is 0 Å². The number of carbonyl (C=O) groups is 5. The highest BCUT2D eigenvalue weighted by Gasteiger charge is 2.19. The van der Waals surface area contributed by atoms with E-state index >= 15 is 0 Å². The summed E-state index contributed by atoms with van der Waals surface area (Å²) in [5.41, 5.74) is 4.90. The Hall–Kier alpha value is -2.85. The molecule has 4 amide bonds. The molecule has 0 fully saturated rings. The summed E-state index contributed by atoms with van der Waals surface area (Å²) in [5.74, 6) is -3.33. The molecule has 196 valence electrons. The quantitative estimate of drug-likeness (QED) is 0.0798. The zero-order chi connectivity index (χ0) is 25.6. The first kappa shape index (κ1) is 31.1. The van der Waals surface area contributed by atoms with Crippen LogP contribution in [0.2, 0.25) is 0 Å². The molecule has 0 rings (SSSR count). The minimum atomic E-state index is -1.19. The number of rotatable bonds is 22. The van der Waals surface area contributed by atoms with Crippen molar-refractivity contribution in [3.63, 3.8) is 0 Å². The summed E-state index contributed by atoms with van der Waals surface area (Å²) in [5, 5.41) is 25.0. The van der Waals surface area contributed by atoms with Crippen molar-refractivity contribution in [1.29, 1.82) is 0 Å². The van der Waals surface area contributed by atoms with E-state index in [1.165, 1.54) is 0 Å². The molecule has 0 aromatic carbocycles. The van der Waals surface area contributed by atoms with Crippen molar-refractivity contribution in [2.75, 3.05) is 72.6 Å². The second-order valence-corrected chi connectivity index (χ2v) is 6.63. The molecule has 0 aromatic heterocycles. The van der Waals surface area contributed by atoms with Crippen LogP contribution in [0.25, 0.3) is 0 Å². The third-order valence-corrected chi connectivity index (χ3v) is 3.74. The largest absolute Gasteiger partial charge is 0.481 e. The standard InChI is InChI=1S/C19H34N4O11/c20-15(25)12-33-9-7-31-5-3-21-17(27)13-34-10-8-32-6-4-22-19(30)14(11-24)23-16(26)1-2-18(28)29/h14,24H,1-13H2,(H2,20,25)(H,21,27)(H,22,30)(H,23,26)(H,28,29)/t14-/m1/s1. The van der Waals surface area contributed by atoms with Gasteiger partial charge in [-0.15, -0.1) is 0 Å². The molecule has 0 aliphatic heterocycles. The number of aliphatic carboxylic acids is 1. The summed E-state index contributed by atoms with van der Waals surface area (Å²) in [7, 11) is 0. The SMILES string of the molecule is NC(=O)COCCOCCNC(=O)COCCOCCNC(=O)[C@@H](CO)NC(=O)CCC(=O)O. The number of carboxylic acids is 1. The third kappa shape index (κ3) is 19.8. The smallest absolute Gasteiger partial charge is 0.303 e. The molecule has 0 aromatic rings. The zero-order valence-electron chi connectivity index (χ0n) is 18.9. The van der Waals surface area contributed by atoms with Gasteiger partial charge < -0.3 is 50.8 Å². The summed E-state index contributed by atoms with van der Waals surface area (Å²) in [6.45, 7) is 0.614. The van der Waals surface area contributed by atoms with Gasteiger partial charge in [-0.05, 0) is 0 Å². The lowest BCUT2D eigenvalue weighted by Crippen LogP contribution is -2.49. The first-order valence-corrected chi connectivity index (χ1v) is 10.5. The van der Waals surface area contributed by atoms with Crippen molar-refractivity contribution in [2.24, 2.45) is 5.73 Å². The number of carboxylic acid groups (broad SMARTS) is 1. The third-order valence-electron chi connectivity index (χ3n) is 3.74. The summed E-state index contributed by atoms with van der Waals surface area (Å²) >= 11 is 0. The topological polar surface area (TPSA) is 225 Å². The van der Waals surface area contributed by atoms with E-state index in [-0.39, 0.29) is 84.7 Å². The van der Waals surface area contributed by atoms with E-state index in [4.69, 9.17) is 29.8 Å². The fraction of sp³-hybridized carbons (Fsp3) is 0.737. The first-order valence-electron chi connectivity index (χ1n) is 10.5. The first-order chi connectivity index (χ1) is 16.3. The molecular formula is C19H34N4O11. The Labute approximate surface area is 196 Å². The van der Waals surface area contributed by atoms with Gasteiger partial charge in [0.15, 0.2) is 0 Å². The fourth-order valence-corrected chi connectivity index (χ4v) is 2.14. The fourth-order valence-electron chi connectivity index (χ4n) is 2.14. The van der Waals surface area contributed by atoms with Gasteiger partial charge in [-0.25, -0.2) is 0 Å². The number of aliphatic hydroxyl groups excluding tert-OH is 1. The molecule has 7 N–H and O–H groups in total. The maximum absolute atomic E-state index is 11.9. The monoisotopic (exact) mass is 494 g/mol. The highest BCUT2D eigenvalue weighted by molar-refractivity contribution is 5.88. The molecule has 0 saturated heterocycles. The van der Waals surface area contributed by atoms with Gasteiger partial charge in [0.1, 0.15) is 19.3 Å². The summed E-state index contributed by atoms with van der Waals surface area (Å²) in [4.78, 5) is 55.9. The van der Waals surface area contributed by atoms with Crippen LogP contribution in [0.5, 0.6) is 0 Å². The van der Waals surface area contributed by atoms with Crippen LogP contribution in [0, 0.1) is 0 Å². The van der Waals surface area contributed by atoms with E-state index < -0.39 is 36.3 Å². The number of ether oxygens (including phenoxy) is 4. The molecule has 0 spiro atoms. The van der Waals surface area contributed by atoms with Crippen molar-refractivity contribution in [1.82, 2.24) is 16.0 Å². The van der Waals surface area contributed by atoms with E-state index in [1.54, 1.807) is 0 Å². The predicted molar refractivity (Wildman–Crippen MR) is 114 cm³/mol. The molecule has 34 heavy (non-hydrogen) atoms. The number of amides is 4. The van der Waals surface area contributed by atoms with Gasteiger partial charge in [0.2, 0.25) is 23.6 Å². The highest BCUT2D eigenvalue weighted by atomic mass is 16.5. The number of primary amides is 1. The van der Waals surface area contributed by atoms with E-state index in [0.717, 1.165) is 0 Å². The number of hydrogen-bond acceptors (Lipinski definition) is 10. The van der Waals surface area contributed by atoms with Gasteiger partial charge in [0.25, 0.3) is 0 Å².